The van der Waals surface area contributed by atoms with E-state index in [1.54, 1.807) is 12.3 Å². The molecule has 2 rings (SSSR count). The van der Waals surface area contributed by atoms with Crippen LogP contribution in [-0.2, 0) is 0 Å². The second kappa shape index (κ2) is 6.19. The van der Waals surface area contributed by atoms with E-state index < -0.39 is 23.1 Å². The van der Waals surface area contributed by atoms with Crippen LogP contribution >= 0.6 is 0 Å². The molecule has 0 unspecified atom stereocenters. The van der Waals surface area contributed by atoms with Crippen molar-refractivity contribution < 1.29 is 9.18 Å². The first-order valence-corrected chi connectivity index (χ1v) is 8.91. The molecular weight excluding hydrogens is 598 g/mol. The molecule has 0 atom stereocenters. The number of benzene rings is 1. The van der Waals surface area contributed by atoms with Gasteiger partial charge in [-0.3, -0.25) is 0 Å². The fraction of sp³-hybridized carbons (Fsp3) is 0.100. The van der Waals surface area contributed by atoms with Crippen molar-refractivity contribution in [3.05, 3.63) is 36.0 Å². The first-order chi connectivity index (χ1) is 7.16. The van der Waals surface area contributed by atoms with Crippen LogP contribution in [0.5, 0.6) is 5.75 Å². The molecule has 0 amide bonds. The number of rotatable bonds is 2. The Kier molecular flexibility index (Phi) is 5.50. The zero-order chi connectivity index (χ0) is 10.8. The fourth-order valence-corrected chi connectivity index (χ4v) is 2.68. The summed E-state index contributed by atoms with van der Waals surface area (Å²) in [6.45, 7) is 1.93. The zero-order valence-corrected chi connectivity index (χ0v) is 17.8. The number of aromatic nitrogens is 1. The minimum absolute atomic E-state index is 0. The summed E-state index contributed by atoms with van der Waals surface area (Å²) in [4.78, 5) is 4.16. The van der Waals surface area contributed by atoms with Crippen molar-refractivity contribution in [2.75, 3.05) is 0 Å². The molecule has 2 aromatic rings. The fourth-order valence-electron chi connectivity index (χ4n) is 1.46. The van der Waals surface area contributed by atoms with E-state index in [2.05, 4.69) is 4.98 Å². The molecule has 0 aliphatic rings. The number of fused-ring (bicyclic) bond motifs is 1. The number of hydrogen-bond acceptors (Lipinski definition) is 4. The Labute approximate surface area is 123 Å². The average molecular weight is 610 g/mol. The molecule has 1 aromatic carbocycles. The van der Waals surface area contributed by atoms with Gasteiger partial charge < -0.3 is 0 Å². The predicted octanol–water partition coefficient (Wildman–Crippen LogP) is -0.0247. The maximum absolute atomic E-state index is 8.97. The van der Waals surface area contributed by atoms with Crippen molar-refractivity contribution in [2.45, 2.75) is 6.92 Å². The summed E-state index contributed by atoms with van der Waals surface area (Å²) in [7, 11) is 0. The van der Waals surface area contributed by atoms with Crippen LogP contribution in [0, 0.1) is 6.92 Å². The van der Waals surface area contributed by atoms with E-state index >= 15 is 0 Å². The Bertz CT molecular complexity index is 492. The Morgan fingerprint density at radius 1 is 1.31 bits per heavy atom. The number of hydrogen-bond donors (Lipinski definition) is 2. The third-order valence-electron chi connectivity index (χ3n) is 1.99. The van der Waals surface area contributed by atoms with E-state index in [0.717, 1.165) is 10.9 Å². The topological polar surface area (TPSA) is 62.6 Å². The molecule has 2 radical (unpaired) electrons. The molecule has 6 heteroatoms. The second-order valence-corrected chi connectivity index (χ2v) is 5.86. The van der Waals surface area contributed by atoms with Gasteiger partial charge in [-0.2, -0.15) is 0 Å². The number of aryl methyl sites for hydroxylation is 1. The van der Waals surface area contributed by atoms with Gasteiger partial charge >= 0.3 is 124 Å². The molecule has 84 valence electrons. The van der Waals surface area contributed by atoms with Gasteiger partial charge in [0.15, 0.2) is 0 Å². The van der Waals surface area contributed by atoms with E-state index in [4.69, 9.17) is 9.18 Å². The third kappa shape index (κ3) is 3.32. The first kappa shape index (κ1) is 14.2. The van der Waals surface area contributed by atoms with Crippen LogP contribution in [0.1, 0.15) is 5.56 Å². The van der Waals surface area contributed by atoms with Gasteiger partial charge in [0.2, 0.25) is 0 Å². The van der Waals surface area contributed by atoms with Crippen molar-refractivity contribution in [2.24, 2.45) is 0 Å². The summed E-state index contributed by atoms with van der Waals surface area (Å²) < 4.78 is 23.0. The first-order valence-electron chi connectivity index (χ1n) is 4.38. The molecule has 0 spiro atoms. The van der Waals surface area contributed by atoms with E-state index in [9.17, 15) is 0 Å². The van der Waals surface area contributed by atoms with Gasteiger partial charge in [0, 0.05) is 0 Å². The van der Waals surface area contributed by atoms with Gasteiger partial charge in [-0.05, 0) is 0 Å². The average Bonchev–Trinajstić information content (AvgIpc) is 2.16. The molecule has 1 heterocycles. The van der Waals surface area contributed by atoms with Crippen LogP contribution in [0.2, 0.25) is 0 Å². The predicted molar refractivity (Wildman–Crippen MR) is 65.8 cm³/mol. The van der Waals surface area contributed by atoms with E-state index in [0.29, 0.717) is 11.3 Å². The van der Waals surface area contributed by atoms with E-state index in [1.165, 1.54) is 0 Å². The van der Waals surface area contributed by atoms with Crippen LogP contribution in [0.4, 0.5) is 0 Å². The van der Waals surface area contributed by atoms with Crippen molar-refractivity contribution in [1.29, 1.82) is 0 Å². The van der Waals surface area contributed by atoms with Gasteiger partial charge in [0.05, 0.1) is 0 Å². The van der Waals surface area contributed by atoms with Crippen LogP contribution < -0.4 is 2.81 Å². The Morgan fingerprint density at radius 2 is 2.06 bits per heavy atom. The molecule has 0 bridgehead atoms. The SMILES string of the molecule is Cc1cc([O][Bi]([OH])[OH])c2ncccc2c1.[PbH2]. The number of pyridine rings is 1. The van der Waals surface area contributed by atoms with Crippen molar-refractivity contribution >= 4 is 61.3 Å². The molecule has 16 heavy (non-hydrogen) atoms. The Balaban J connectivity index is 0.00000128. The van der Waals surface area contributed by atoms with E-state index in [-0.39, 0.29) is 27.3 Å². The summed E-state index contributed by atoms with van der Waals surface area (Å²) >= 11 is -3.65. The monoisotopic (exact) mass is 611 g/mol. The van der Waals surface area contributed by atoms with Gasteiger partial charge in [-0.25, -0.2) is 0 Å². The normalized spacial score (nSPS) is 10.2. The Morgan fingerprint density at radius 3 is 2.75 bits per heavy atom. The molecule has 0 aliphatic heterocycles. The van der Waals surface area contributed by atoms with Crippen LogP contribution in [0.15, 0.2) is 30.5 Å². The van der Waals surface area contributed by atoms with Gasteiger partial charge in [-0.1, -0.05) is 0 Å². The molecular formula is C10H12BiNO3Pb. The maximum atomic E-state index is 8.97. The van der Waals surface area contributed by atoms with Crippen LogP contribution in [0.25, 0.3) is 10.9 Å². The van der Waals surface area contributed by atoms with Gasteiger partial charge in [0.1, 0.15) is 0 Å². The summed E-state index contributed by atoms with van der Waals surface area (Å²) in [5.41, 5.74) is 1.68. The second-order valence-electron chi connectivity index (χ2n) is 3.18. The quantitative estimate of drug-likeness (QED) is 0.470. The molecule has 2 N–H and O–H groups in total. The molecule has 0 aliphatic carbocycles. The summed E-state index contributed by atoms with van der Waals surface area (Å²) in [5, 5.41) is 0.943. The van der Waals surface area contributed by atoms with Crippen LogP contribution in [0.3, 0.4) is 0 Å². The molecule has 0 fully saturated rings. The molecule has 4 nitrogen and oxygen atoms in total. The zero-order valence-electron chi connectivity index (χ0n) is 8.79. The van der Waals surface area contributed by atoms with Gasteiger partial charge in [-0.15, -0.1) is 0 Å². The number of nitrogens with zero attached hydrogens (tertiary/aromatic N) is 1. The van der Waals surface area contributed by atoms with Crippen molar-refractivity contribution in [3.8, 4) is 5.75 Å². The van der Waals surface area contributed by atoms with Crippen molar-refractivity contribution in [1.82, 2.24) is 4.98 Å². The van der Waals surface area contributed by atoms with E-state index in [1.807, 2.05) is 25.1 Å². The van der Waals surface area contributed by atoms with Crippen molar-refractivity contribution in [3.63, 3.8) is 0 Å². The molecule has 0 saturated carbocycles. The summed E-state index contributed by atoms with van der Waals surface area (Å²) in [6, 6.07) is 7.50. The summed E-state index contributed by atoms with van der Waals surface area (Å²) in [5.74, 6) is 0.466. The summed E-state index contributed by atoms with van der Waals surface area (Å²) in [6.07, 6.45) is 1.66. The molecule has 0 saturated heterocycles. The standard InChI is InChI=1S/C10H9NO.Bi.2H2O.Pb.2H/c1-7-5-8-3-2-4-11-10(8)9(12)6-7;;;;;;/h2-6,12H,1H3;;2*1H2;;;/q;+3;;;;;/p-3. The Hall–Kier alpha value is 0.155. The van der Waals surface area contributed by atoms with Crippen LogP contribution in [-0.4, -0.2) is 61.7 Å². The third-order valence-corrected chi connectivity index (χ3v) is 3.39. The van der Waals surface area contributed by atoms with Gasteiger partial charge in [0.25, 0.3) is 0 Å². The minimum atomic E-state index is -3.65. The molecule has 1 aromatic heterocycles.